The van der Waals surface area contributed by atoms with E-state index in [9.17, 15) is 4.79 Å². The van der Waals surface area contributed by atoms with Gasteiger partial charge in [-0.05, 0) is 45.7 Å². The average molecular weight is 437 g/mol. The standard InChI is InChI=1S/C15H19Br2NO2S/c1-15(2)4-5-21-8-12(15)18-13-10(14(19)20-3)6-9(16)7-11(13)17/h6-7,12,18H,4-5,8H2,1-3H3. The van der Waals surface area contributed by atoms with E-state index in [4.69, 9.17) is 4.74 Å². The molecule has 116 valence electrons. The molecule has 2 rings (SSSR count). The minimum absolute atomic E-state index is 0.200. The summed E-state index contributed by atoms with van der Waals surface area (Å²) in [7, 11) is 1.40. The first-order valence-electron chi connectivity index (χ1n) is 6.77. The van der Waals surface area contributed by atoms with Crippen LogP contribution in [0.4, 0.5) is 5.69 Å². The molecule has 0 saturated carbocycles. The highest BCUT2D eigenvalue weighted by atomic mass is 79.9. The second kappa shape index (κ2) is 6.92. The molecule has 1 unspecified atom stereocenters. The fraction of sp³-hybridized carbons (Fsp3) is 0.533. The molecule has 21 heavy (non-hydrogen) atoms. The third-order valence-corrected chi connectivity index (χ3v) is 6.04. The van der Waals surface area contributed by atoms with Gasteiger partial charge in [0.25, 0.3) is 0 Å². The number of hydrogen-bond acceptors (Lipinski definition) is 4. The van der Waals surface area contributed by atoms with Crippen LogP contribution in [0.2, 0.25) is 0 Å². The lowest BCUT2D eigenvalue weighted by Gasteiger charge is -2.39. The first kappa shape index (κ1) is 17.2. The minimum atomic E-state index is -0.333. The number of nitrogens with one attached hydrogen (secondary N) is 1. The molecule has 6 heteroatoms. The van der Waals surface area contributed by atoms with Gasteiger partial charge in [-0.3, -0.25) is 0 Å². The van der Waals surface area contributed by atoms with Crippen molar-refractivity contribution in [3.8, 4) is 0 Å². The van der Waals surface area contributed by atoms with E-state index < -0.39 is 0 Å². The molecule has 3 nitrogen and oxygen atoms in total. The molecule has 1 aromatic carbocycles. The summed E-state index contributed by atoms with van der Waals surface area (Å²) in [4.78, 5) is 12.0. The second-order valence-electron chi connectivity index (χ2n) is 5.81. The number of methoxy groups -OCH3 is 1. The Morgan fingerprint density at radius 2 is 2.14 bits per heavy atom. The molecule has 1 N–H and O–H groups in total. The van der Waals surface area contributed by atoms with E-state index in [1.807, 2.05) is 17.8 Å². The molecule has 0 amide bonds. The molecule has 1 aromatic rings. The minimum Gasteiger partial charge on any atom is -0.465 e. The zero-order valence-electron chi connectivity index (χ0n) is 12.3. The largest absolute Gasteiger partial charge is 0.465 e. The Kier molecular flexibility index (Phi) is 5.65. The predicted molar refractivity (Wildman–Crippen MR) is 96.3 cm³/mol. The lowest BCUT2D eigenvalue weighted by Crippen LogP contribution is -2.42. The SMILES string of the molecule is COC(=O)c1cc(Br)cc(Br)c1NC1CSCCC1(C)C. The number of thioether (sulfide) groups is 1. The molecule has 1 aliphatic rings. The van der Waals surface area contributed by atoms with Gasteiger partial charge in [-0.25, -0.2) is 4.79 Å². The van der Waals surface area contributed by atoms with Crippen LogP contribution in [0.25, 0.3) is 0 Å². The third kappa shape index (κ3) is 3.96. The van der Waals surface area contributed by atoms with Crippen molar-refractivity contribution < 1.29 is 9.53 Å². The molecular weight excluding hydrogens is 418 g/mol. The fourth-order valence-corrected chi connectivity index (χ4v) is 5.29. The van der Waals surface area contributed by atoms with Crippen LogP contribution in [0.1, 0.15) is 30.6 Å². The van der Waals surface area contributed by atoms with E-state index in [1.165, 1.54) is 12.9 Å². The maximum absolute atomic E-state index is 12.0. The topological polar surface area (TPSA) is 38.3 Å². The van der Waals surface area contributed by atoms with Crippen molar-refractivity contribution in [2.75, 3.05) is 23.9 Å². The zero-order valence-corrected chi connectivity index (χ0v) is 16.3. The van der Waals surface area contributed by atoms with Crippen molar-refractivity contribution in [2.24, 2.45) is 5.41 Å². The summed E-state index contributed by atoms with van der Waals surface area (Å²) in [6.45, 7) is 4.55. The molecule has 1 atom stereocenters. The van der Waals surface area contributed by atoms with Gasteiger partial charge in [-0.1, -0.05) is 29.8 Å². The van der Waals surface area contributed by atoms with Crippen molar-refractivity contribution in [1.29, 1.82) is 0 Å². The number of halogens is 2. The van der Waals surface area contributed by atoms with Crippen LogP contribution in [0.15, 0.2) is 21.1 Å². The van der Waals surface area contributed by atoms with Gasteiger partial charge >= 0.3 is 5.97 Å². The summed E-state index contributed by atoms with van der Waals surface area (Å²) < 4.78 is 6.61. The van der Waals surface area contributed by atoms with Gasteiger partial charge in [-0.2, -0.15) is 11.8 Å². The van der Waals surface area contributed by atoms with Crippen molar-refractivity contribution in [2.45, 2.75) is 26.3 Å². The van der Waals surface area contributed by atoms with Crippen LogP contribution in [-0.4, -0.2) is 30.6 Å². The average Bonchev–Trinajstić information content (AvgIpc) is 2.42. The molecule has 0 aliphatic carbocycles. The van der Waals surface area contributed by atoms with Gasteiger partial charge in [0.15, 0.2) is 0 Å². The molecular formula is C15H19Br2NO2S. The van der Waals surface area contributed by atoms with Crippen LogP contribution in [-0.2, 0) is 4.74 Å². The number of rotatable bonds is 3. The van der Waals surface area contributed by atoms with Gasteiger partial charge < -0.3 is 10.1 Å². The fourth-order valence-electron chi connectivity index (χ4n) is 2.34. The molecule has 1 saturated heterocycles. The summed E-state index contributed by atoms with van der Waals surface area (Å²) in [5, 5.41) is 3.56. The van der Waals surface area contributed by atoms with E-state index in [0.717, 1.165) is 26.8 Å². The van der Waals surface area contributed by atoms with E-state index in [1.54, 1.807) is 6.07 Å². The highest BCUT2D eigenvalue weighted by molar-refractivity contribution is 9.11. The Morgan fingerprint density at radius 1 is 1.43 bits per heavy atom. The van der Waals surface area contributed by atoms with Crippen molar-refractivity contribution in [3.05, 3.63) is 26.6 Å². The van der Waals surface area contributed by atoms with E-state index in [-0.39, 0.29) is 11.4 Å². The molecule has 0 radical (unpaired) electrons. The van der Waals surface area contributed by atoms with Gasteiger partial charge in [0.1, 0.15) is 0 Å². The Labute approximate surface area is 146 Å². The molecule has 0 bridgehead atoms. The second-order valence-corrected chi connectivity index (χ2v) is 8.73. The first-order valence-corrected chi connectivity index (χ1v) is 9.51. The van der Waals surface area contributed by atoms with E-state index >= 15 is 0 Å². The number of esters is 1. The van der Waals surface area contributed by atoms with E-state index in [2.05, 4.69) is 51.0 Å². The Hall–Kier alpha value is -0.200. The van der Waals surface area contributed by atoms with Gasteiger partial charge in [0, 0.05) is 20.7 Å². The summed E-state index contributed by atoms with van der Waals surface area (Å²) >= 11 is 8.93. The lowest BCUT2D eigenvalue weighted by molar-refractivity contribution is 0.0601. The van der Waals surface area contributed by atoms with Gasteiger partial charge in [0.05, 0.1) is 18.4 Å². The van der Waals surface area contributed by atoms with Crippen LogP contribution >= 0.6 is 43.6 Å². The monoisotopic (exact) mass is 435 g/mol. The third-order valence-electron chi connectivity index (χ3n) is 3.90. The number of carbonyl (C=O) groups excluding carboxylic acids is 1. The highest BCUT2D eigenvalue weighted by Crippen LogP contribution is 2.39. The van der Waals surface area contributed by atoms with Gasteiger partial charge in [0.2, 0.25) is 0 Å². The van der Waals surface area contributed by atoms with Crippen LogP contribution < -0.4 is 5.32 Å². The molecule has 0 aromatic heterocycles. The van der Waals surface area contributed by atoms with Crippen LogP contribution in [0.3, 0.4) is 0 Å². The number of carbonyl (C=O) groups is 1. The normalized spacial score (nSPS) is 20.9. The molecule has 0 spiro atoms. The van der Waals surface area contributed by atoms with Crippen molar-refractivity contribution in [3.63, 3.8) is 0 Å². The molecule has 1 fully saturated rings. The smallest absolute Gasteiger partial charge is 0.340 e. The summed E-state index contributed by atoms with van der Waals surface area (Å²) in [5.74, 6) is 1.90. The highest BCUT2D eigenvalue weighted by Gasteiger charge is 2.33. The Bertz CT molecular complexity index is 549. The van der Waals surface area contributed by atoms with E-state index in [0.29, 0.717) is 11.6 Å². The molecule has 1 aliphatic heterocycles. The summed E-state index contributed by atoms with van der Waals surface area (Å²) in [6.07, 6.45) is 1.16. The van der Waals surface area contributed by atoms with Crippen molar-refractivity contribution >= 4 is 55.3 Å². The number of ether oxygens (including phenoxy) is 1. The Balaban J connectivity index is 2.36. The number of anilines is 1. The van der Waals surface area contributed by atoms with Gasteiger partial charge in [-0.15, -0.1) is 0 Å². The predicted octanol–water partition coefficient (Wildman–Crippen LogP) is 4.94. The van der Waals surface area contributed by atoms with Crippen LogP contribution in [0.5, 0.6) is 0 Å². The first-order chi connectivity index (χ1) is 9.85. The number of benzene rings is 1. The lowest BCUT2D eigenvalue weighted by atomic mass is 9.82. The maximum Gasteiger partial charge on any atom is 0.340 e. The maximum atomic E-state index is 12.0. The summed E-state index contributed by atoms with van der Waals surface area (Å²) in [5.41, 5.74) is 1.56. The number of hydrogen-bond donors (Lipinski definition) is 1. The Morgan fingerprint density at radius 3 is 2.76 bits per heavy atom. The van der Waals surface area contributed by atoms with Crippen LogP contribution in [0, 0.1) is 5.41 Å². The quantitative estimate of drug-likeness (QED) is 0.680. The summed E-state index contributed by atoms with van der Waals surface area (Å²) in [6, 6.07) is 4.05. The van der Waals surface area contributed by atoms with Crippen molar-refractivity contribution in [1.82, 2.24) is 0 Å². The zero-order chi connectivity index (χ0) is 15.6. The molecule has 1 heterocycles.